The summed E-state index contributed by atoms with van der Waals surface area (Å²) in [6.45, 7) is 0. The first-order valence-electron chi connectivity index (χ1n) is 4.77. The Morgan fingerprint density at radius 1 is 1.28 bits per heavy atom. The number of carbonyl (C=O) groups excluding carboxylic acids is 1. The maximum Gasteiger partial charge on any atom is 0.264 e. The van der Waals surface area contributed by atoms with E-state index in [4.69, 9.17) is 5.73 Å². The van der Waals surface area contributed by atoms with Crippen molar-refractivity contribution in [3.8, 4) is 0 Å². The molecular formula is C9H9N5O3S. The lowest BCUT2D eigenvalue weighted by atomic mass is 10.2. The fraction of sp³-hybridized carbons (Fsp3) is 0. The zero-order chi connectivity index (χ0) is 13.2. The van der Waals surface area contributed by atoms with Crippen LogP contribution in [-0.2, 0) is 10.0 Å². The number of sulfonamides is 1. The van der Waals surface area contributed by atoms with Crippen molar-refractivity contribution < 1.29 is 13.2 Å². The lowest BCUT2D eigenvalue weighted by Gasteiger charge is -2.05. The third kappa shape index (κ3) is 2.46. The van der Waals surface area contributed by atoms with Gasteiger partial charge in [0.05, 0.1) is 4.90 Å². The highest BCUT2D eigenvalue weighted by atomic mass is 32.2. The van der Waals surface area contributed by atoms with Crippen LogP contribution in [0.15, 0.2) is 35.5 Å². The number of hydrogen-bond donors (Lipinski definition) is 3. The highest BCUT2D eigenvalue weighted by Gasteiger charge is 2.15. The molecule has 1 aromatic heterocycles. The van der Waals surface area contributed by atoms with Gasteiger partial charge < -0.3 is 5.73 Å². The van der Waals surface area contributed by atoms with Gasteiger partial charge in [-0.25, -0.2) is 18.2 Å². The van der Waals surface area contributed by atoms with Crippen LogP contribution in [0.3, 0.4) is 0 Å². The van der Waals surface area contributed by atoms with Crippen molar-refractivity contribution in [1.82, 2.24) is 15.2 Å². The number of nitrogens with zero attached hydrogens (tertiary/aromatic N) is 2. The molecular weight excluding hydrogens is 258 g/mol. The zero-order valence-corrected chi connectivity index (χ0v) is 9.81. The largest absolute Gasteiger partial charge is 0.366 e. The zero-order valence-electron chi connectivity index (χ0n) is 8.99. The Morgan fingerprint density at radius 3 is 2.44 bits per heavy atom. The molecule has 0 bridgehead atoms. The van der Waals surface area contributed by atoms with Gasteiger partial charge in [0, 0.05) is 5.56 Å². The second kappa shape index (κ2) is 4.45. The normalized spacial score (nSPS) is 11.1. The molecule has 0 unspecified atom stereocenters. The van der Waals surface area contributed by atoms with Gasteiger partial charge in [0.2, 0.25) is 11.9 Å². The van der Waals surface area contributed by atoms with Crippen LogP contribution in [0.4, 0.5) is 5.95 Å². The van der Waals surface area contributed by atoms with Crippen molar-refractivity contribution in [3.05, 3.63) is 36.2 Å². The molecule has 0 spiro atoms. The summed E-state index contributed by atoms with van der Waals surface area (Å²) in [6, 6.07) is 5.21. The molecule has 0 aliphatic rings. The molecule has 2 aromatic rings. The van der Waals surface area contributed by atoms with E-state index in [1.54, 1.807) is 0 Å². The highest BCUT2D eigenvalue weighted by molar-refractivity contribution is 7.92. The number of aromatic nitrogens is 3. The van der Waals surface area contributed by atoms with Gasteiger partial charge in [0.1, 0.15) is 6.33 Å². The van der Waals surface area contributed by atoms with E-state index < -0.39 is 15.9 Å². The number of hydrogen-bond acceptors (Lipinski definition) is 5. The molecule has 8 nitrogen and oxygen atoms in total. The van der Waals surface area contributed by atoms with Crippen molar-refractivity contribution in [3.63, 3.8) is 0 Å². The van der Waals surface area contributed by atoms with E-state index in [0.717, 1.165) is 0 Å². The first-order chi connectivity index (χ1) is 8.49. The molecule has 94 valence electrons. The summed E-state index contributed by atoms with van der Waals surface area (Å²) < 4.78 is 25.9. The Labute approximate surface area is 102 Å². The van der Waals surface area contributed by atoms with Gasteiger partial charge in [-0.3, -0.25) is 4.79 Å². The minimum Gasteiger partial charge on any atom is -0.366 e. The van der Waals surface area contributed by atoms with E-state index in [-0.39, 0.29) is 16.4 Å². The topological polar surface area (TPSA) is 131 Å². The van der Waals surface area contributed by atoms with Crippen LogP contribution in [0.1, 0.15) is 10.4 Å². The molecule has 1 aromatic carbocycles. The Kier molecular flexibility index (Phi) is 2.98. The molecule has 0 saturated heterocycles. The molecule has 4 N–H and O–H groups in total. The second-order valence-corrected chi connectivity index (χ2v) is 5.01. The summed E-state index contributed by atoms with van der Waals surface area (Å²) in [5, 5.41) is 5.88. The van der Waals surface area contributed by atoms with Gasteiger partial charge in [0.15, 0.2) is 0 Å². The molecule has 0 saturated carbocycles. The monoisotopic (exact) mass is 267 g/mol. The number of benzene rings is 1. The molecule has 0 aliphatic heterocycles. The van der Waals surface area contributed by atoms with Gasteiger partial charge in [-0.1, -0.05) is 0 Å². The van der Waals surface area contributed by atoms with E-state index in [0.29, 0.717) is 0 Å². The van der Waals surface area contributed by atoms with Crippen LogP contribution >= 0.6 is 0 Å². The molecule has 0 radical (unpaired) electrons. The first-order valence-corrected chi connectivity index (χ1v) is 6.25. The molecule has 0 aliphatic carbocycles. The average Bonchev–Trinajstić information content (AvgIpc) is 2.81. The summed E-state index contributed by atoms with van der Waals surface area (Å²) >= 11 is 0. The quantitative estimate of drug-likeness (QED) is 0.700. The second-order valence-electron chi connectivity index (χ2n) is 3.33. The lowest BCUT2D eigenvalue weighted by molar-refractivity contribution is 0.1000. The molecule has 1 amide bonds. The number of H-pyrrole nitrogens is 1. The Balaban J connectivity index is 2.27. The minimum absolute atomic E-state index is 0.00831. The van der Waals surface area contributed by atoms with Crippen LogP contribution in [0.5, 0.6) is 0 Å². The number of primary amides is 1. The van der Waals surface area contributed by atoms with Gasteiger partial charge in [-0.2, -0.15) is 10.1 Å². The molecule has 1 heterocycles. The lowest BCUT2D eigenvalue weighted by Crippen LogP contribution is -2.15. The van der Waals surface area contributed by atoms with Crippen LogP contribution in [-0.4, -0.2) is 29.5 Å². The van der Waals surface area contributed by atoms with Gasteiger partial charge in [0.25, 0.3) is 10.0 Å². The summed E-state index contributed by atoms with van der Waals surface area (Å²) in [5.74, 6) is -0.615. The highest BCUT2D eigenvalue weighted by Crippen LogP contribution is 2.13. The fourth-order valence-electron chi connectivity index (χ4n) is 1.24. The van der Waals surface area contributed by atoms with Crippen LogP contribution in [0, 0.1) is 0 Å². The van der Waals surface area contributed by atoms with Crippen LogP contribution in [0.2, 0.25) is 0 Å². The number of carbonyl (C=O) groups is 1. The van der Waals surface area contributed by atoms with Crippen molar-refractivity contribution in [2.45, 2.75) is 4.90 Å². The SMILES string of the molecule is NC(=O)c1ccc(S(=O)(=O)Nc2ncn[nH]2)cc1. The Morgan fingerprint density at radius 2 is 1.94 bits per heavy atom. The smallest absolute Gasteiger partial charge is 0.264 e. The summed E-state index contributed by atoms with van der Waals surface area (Å²) in [7, 11) is -3.76. The van der Waals surface area contributed by atoms with E-state index in [2.05, 4.69) is 19.9 Å². The predicted molar refractivity (Wildman–Crippen MR) is 62.2 cm³/mol. The van der Waals surface area contributed by atoms with E-state index in [1.807, 2.05) is 0 Å². The van der Waals surface area contributed by atoms with Crippen molar-refractivity contribution in [2.24, 2.45) is 5.73 Å². The van der Waals surface area contributed by atoms with Gasteiger partial charge >= 0.3 is 0 Å². The number of nitrogens with two attached hydrogens (primary N) is 1. The number of rotatable bonds is 4. The number of aromatic amines is 1. The Bertz CT molecular complexity index is 648. The Hall–Kier alpha value is -2.42. The van der Waals surface area contributed by atoms with Crippen LogP contribution < -0.4 is 10.5 Å². The average molecular weight is 267 g/mol. The van der Waals surface area contributed by atoms with E-state index in [9.17, 15) is 13.2 Å². The fourth-order valence-corrected chi connectivity index (χ4v) is 2.20. The molecule has 0 atom stereocenters. The number of nitrogens with one attached hydrogen (secondary N) is 2. The summed E-state index contributed by atoms with van der Waals surface area (Å²) in [5.41, 5.74) is 5.29. The summed E-state index contributed by atoms with van der Waals surface area (Å²) in [6.07, 6.45) is 1.17. The molecule has 2 rings (SSSR count). The third-order valence-corrected chi connectivity index (χ3v) is 3.45. The van der Waals surface area contributed by atoms with Crippen molar-refractivity contribution >= 4 is 21.9 Å². The minimum atomic E-state index is -3.76. The number of anilines is 1. The van der Waals surface area contributed by atoms with Crippen molar-refractivity contribution in [2.75, 3.05) is 4.72 Å². The van der Waals surface area contributed by atoms with Crippen molar-refractivity contribution in [1.29, 1.82) is 0 Å². The molecule has 0 fully saturated rings. The van der Waals surface area contributed by atoms with E-state index >= 15 is 0 Å². The van der Waals surface area contributed by atoms with Gasteiger partial charge in [-0.05, 0) is 24.3 Å². The maximum absolute atomic E-state index is 11.9. The van der Waals surface area contributed by atoms with E-state index in [1.165, 1.54) is 30.6 Å². The number of amides is 1. The van der Waals surface area contributed by atoms with Gasteiger partial charge in [-0.15, -0.1) is 0 Å². The molecule has 9 heteroatoms. The predicted octanol–water partition coefficient (Wildman–Crippen LogP) is -0.296. The maximum atomic E-state index is 11.9. The molecule has 18 heavy (non-hydrogen) atoms. The standard InChI is InChI=1S/C9H9N5O3S/c10-8(15)6-1-3-7(4-2-6)18(16,17)14-9-11-5-12-13-9/h1-5H,(H2,10,15)(H2,11,12,13,14). The first kappa shape index (κ1) is 12.0. The van der Waals surface area contributed by atoms with Crippen LogP contribution in [0.25, 0.3) is 0 Å². The summed E-state index contributed by atoms with van der Waals surface area (Å²) in [4.78, 5) is 14.5. The third-order valence-electron chi connectivity index (χ3n) is 2.10.